The van der Waals surface area contributed by atoms with Crippen LogP contribution in [0.2, 0.25) is 0 Å². The van der Waals surface area contributed by atoms with Gasteiger partial charge in [0.25, 0.3) is 0 Å². The van der Waals surface area contributed by atoms with Crippen molar-refractivity contribution in [3.63, 3.8) is 0 Å². The van der Waals surface area contributed by atoms with Crippen molar-refractivity contribution >= 4 is 0 Å². The summed E-state index contributed by atoms with van der Waals surface area (Å²) in [5.74, 6) is -1.35. The number of allylic oxidation sites excluding steroid dienone is 1. The largest absolute Gasteiger partial charge is 0.399 e. The molecule has 4 nitrogen and oxygen atoms in total. The van der Waals surface area contributed by atoms with Gasteiger partial charge in [-0.05, 0) is 6.42 Å². The van der Waals surface area contributed by atoms with Gasteiger partial charge in [-0.15, -0.1) is 0 Å². The molecule has 60 valence electrons. The standard InChI is InChI=1S/C6H16N4/c1-2-3-4-5(7)6(8,9)10/h4H,2-3,7-10H2,1H3. The van der Waals surface area contributed by atoms with Gasteiger partial charge in [0, 0.05) is 0 Å². The predicted molar refractivity (Wildman–Crippen MR) is 42.5 cm³/mol. The molecule has 0 aromatic heterocycles. The summed E-state index contributed by atoms with van der Waals surface area (Å²) < 4.78 is 0. The molecular weight excluding hydrogens is 128 g/mol. The summed E-state index contributed by atoms with van der Waals surface area (Å²) in [6, 6.07) is 0. The minimum absolute atomic E-state index is 0.342. The molecule has 0 saturated heterocycles. The highest BCUT2D eigenvalue weighted by atomic mass is 15.1. The normalized spacial score (nSPS) is 13.8. The molecule has 0 spiro atoms. The first-order valence-corrected chi connectivity index (χ1v) is 3.31. The van der Waals surface area contributed by atoms with Gasteiger partial charge >= 0.3 is 0 Å². The van der Waals surface area contributed by atoms with Crippen LogP contribution in [0.5, 0.6) is 0 Å². The average Bonchev–Trinajstić information content (AvgIpc) is 1.80. The third-order valence-electron chi connectivity index (χ3n) is 1.15. The van der Waals surface area contributed by atoms with E-state index in [-0.39, 0.29) is 0 Å². The van der Waals surface area contributed by atoms with E-state index in [1.54, 1.807) is 6.08 Å². The van der Waals surface area contributed by atoms with E-state index in [1.807, 2.05) is 6.92 Å². The van der Waals surface area contributed by atoms with Gasteiger partial charge in [-0.1, -0.05) is 19.4 Å². The van der Waals surface area contributed by atoms with Crippen LogP contribution in [-0.2, 0) is 0 Å². The lowest BCUT2D eigenvalue weighted by Crippen LogP contribution is -2.61. The summed E-state index contributed by atoms with van der Waals surface area (Å²) in [7, 11) is 0. The van der Waals surface area contributed by atoms with Gasteiger partial charge in [-0.2, -0.15) is 0 Å². The lowest BCUT2D eigenvalue weighted by Gasteiger charge is -2.18. The maximum atomic E-state index is 5.42. The minimum Gasteiger partial charge on any atom is -0.399 e. The van der Waals surface area contributed by atoms with Crippen molar-refractivity contribution in [1.82, 2.24) is 0 Å². The molecule has 0 fully saturated rings. The van der Waals surface area contributed by atoms with E-state index in [4.69, 9.17) is 22.9 Å². The van der Waals surface area contributed by atoms with E-state index in [9.17, 15) is 0 Å². The lowest BCUT2D eigenvalue weighted by atomic mass is 10.2. The molecule has 0 aromatic rings. The van der Waals surface area contributed by atoms with E-state index in [0.29, 0.717) is 5.70 Å². The van der Waals surface area contributed by atoms with Crippen LogP contribution in [-0.4, -0.2) is 5.79 Å². The van der Waals surface area contributed by atoms with Crippen molar-refractivity contribution in [3.8, 4) is 0 Å². The Morgan fingerprint density at radius 3 is 2.20 bits per heavy atom. The fourth-order valence-electron chi connectivity index (χ4n) is 0.477. The van der Waals surface area contributed by atoms with Crippen molar-refractivity contribution in [2.75, 3.05) is 0 Å². The Labute approximate surface area is 61.2 Å². The van der Waals surface area contributed by atoms with Crippen LogP contribution >= 0.6 is 0 Å². The average molecular weight is 144 g/mol. The van der Waals surface area contributed by atoms with Crippen LogP contribution in [0.25, 0.3) is 0 Å². The molecule has 0 aliphatic heterocycles. The van der Waals surface area contributed by atoms with Gasteiger partial charge < -0.3 is 5.73 Å². The summed E-state index contributed by atoms with van der Waals surface area (Å²) in [6.07, 6.45) is 3.62. The zero-order valence-corrected chi connectivity index (χ0v) is 6.30. The Hall–Kier alpha value is -0.580. The number of hydrogen-bond acceptors (Lipinski definition) is 4. The molecule has 0 radical (unpaired) electrons. The third kappa shape index (κ3) is 3.45. The van der Waals surface area contributed by atoms with Crippen molar-refractivity contribution in [1.29, 1.82) is 0 Å². The second-order valence-electron chi connectivity index (χ2n) is 2.38. The molecule has 0 rings (SSSR count). The van der Waals surface area contributed by atoms with Crippen molar-refractivity contribution in [3.05, 3.63) is 11.8 Å². The van der Waals surface area contributed by atoms with Crippen LogP contribution < -0.4 is 22.9 Å². The summed E-state index contributed by atoms with van der Waals surface area (Å²) in [4.78, 5) is 0. The van der Waals surface area contributed by atoms with Crippen molar-refractivity contribution in [2.45, 2.75) is 25.6 Å². The second-order valence-corrected chi connectivity index (χ2v) is 2.38. The van der Waals surface area contributed by atoms with Crippen LogP contribution in [0.15, 0.2) is 11.8 Å². The Bertz CT molecular complexity index is 122. The number of hydrogen-bond donors (Lipinski definition) is 4. The first kappa shape index (κ1) is 9.42. The maximum absolute atomic E-state index is 5.42. The quantitative estimate of drug-likeness (QED) is 0.388. The third-order valence-corrected chi connectivity index (χ3v) is 1.15. The molecule has 0 aliphatic rings. The van der Waals surface area contributed by atoms with E-state index < -0.39 is 5.79 Å². The Morgan fingerprint density at radius 1 is 1.40 bits per heavy atom. The summed E-state index contributed by atoms with van der Waals surface area (Å²) in [5, 5.41) is 0. The molecule has 0 aliphatic carbocycles. The summed E-state index contributed by atoms with van der Waals surface area (Å²) in [6.45, 7) is 2.04. The monoisotopic (exact) mass is 144 g/mol. The highest BCUT2D eigenvalue weighted by Crippen LogP contribution is 1.96. The lowest BCUT2D eigenvalue weighted by molar-refractivity contribution is 0.536. The van der Waals surface area contributed by atoms with Crippen LogP contribution in [0.4, 0.5) is 0 Å². The number of rotatable bonds is 3. The maximum Gasteiger partial charge on any atom is 0.157 e. The fraction of sp³-hybridized carbons (Fsp3) is 0.667. The minimum atomic E-state index is -1.35. The molecule has 8 N–H and O–H groups in total. The van der Waals surface area contributed by atoms with Crippen LogP contribution in [0, 0.1) is 0 Å². The first-order valence-electron chi connectivity index (χ1n) is 3.31. The SMILES string of the molecule is CCCC=C(N)C(N)(N)N. The van der Waals surface area contributed by atoms with Crippen LogP contribution in [0.1, 0.15) is 19.8 Å². The highest BCUT2D eigenvalue weighted by molar-refractivity contribution is 5.09. The van der Waals surface area contributed by atoms with Gasteiger partial charge in [0.1, 0.15) is 0 Å². The van der Waals surface area contributed by atoms with Gasteiger partial charge in [0.15, 0.2) is 5.79 Å². The van der Waals surface area contributed by atoms with Gasteiger partial charge in [0.2, 0.25) is 0 Å². The van der Waals surface area contributed by atoms with E-state index in [0.717, 1.165) is 12.8 Å². The predicted octanol–water partition coefficient (Wildman–Crippen LogP) is -0.841. The fourth-order valence-corrected chi connectivity index (χ4v) is 0.477. The highest BCUT2D eigenvalue weighted by Gasteiger charge is 2.13. The van der Waals surface area contributed by atoms with Crippen molar-refractivity contribution in [2.24, 2.45) is 22.9 Å². The zero-order chi connectivity index (χ0) is 8.20. The molecule has 0 aromatic carbocycles. The molecule has 0 heterocycles. The molecule has 0 saturated carbocycles. The van der Waals surface area contributed by atoms with Gasteiger partial charge in [-0.25, -0.2) is 0 Å². The molecule has 10 heavy (non-hydrogen) atoms. The molecule has 4 heteroatoms. The van der Waals surface area contributed by atoms with E-state index in [2.05, 4.69) is 0 Å². The zero-order valence-electron chi connectivity index (χ0n) is 6.30. The van der Waals surface area contributed by atoms with Crippen LogP contribution in [0.3, 0.4) is 0 Å². The molecular formula is C6H16N4. The Balaban J connectivity index is 3.93. The summed E-state index contributed by atoms with van der Waals surface area (Å²) in [5.41, 5.74) is 21.6. The number of nitrogens with two attached hydrogens (primary N) is 4. The second kappa shape index (κ2) is 3.55. The van der Waals surface area contributed by atoms with E-state index in [1.165, 1.54) is 0 Å². The topological polar surface area (TPSA) is 104 Å². The smallest absolute Gasteiger partial charge is 0.157 e. The van der Waals surface area contributed by atoms with Gasteiger partial charge in [0.05, 0.1) is 5.70 Å². The summed E-state index contributed by atoms with van der Waals surface area (Å²) >= 11 is 0. The number of unbranched alkanes of at least 4 members (excludes halogenated alkanes) is 1. The first-order chi connectivity index (χ1) is 4.48. The molecule has 0 amide bonds. The van der Waals surface area contributed by atoms with Gasteiger partial charge in [-0.3, -0.25) is 17.2 Å². The Kier molecular flexibility index (Phi) is 3.35. The molecule has 0 unspecified atom stereocenters. The van der Waals surface area contributed by atoms with Crippen molar-refractivity contribution < 1.29 is 0 Å². The van der Waals surface area contributed by atoms with E-state index >= 15 is 0 Å². The Morgan fingerprint density at radius 2 is 1.90 bits per heavy atom. The molecule has 0 bridgehead atoms. The molecule has 0 atom stereocenters.